The van der Waals surface area contributed by atoms with E-state index < -0.39 is 11.6 Å². The predicted octanol–water partition coefficient (Wildman–Crippen LogP) is 3.50. The number of benzene rings is 1. The van der Waals surface area contributed by atoms with Crippen molar-refractivity contribution in [2.24, 2.45) is 0 Å². The van der Waals surface area contributed by atoms with Crippen LogP contribution in [-0.4, -0.2) is 16.3 Å². The average molecular weight is 283 g/mol. The highest BCUT2D eigenvalue weighted by atomic mass is 35.5. The Morgan fingerprint density at radius 3 is 2.53 bits per heavy atom. The molecule has 0 spiro atoms. The zero-order valence-corrected chi connectivity index (χ0v) is 10.9. The molecular weight excluding hydrogens is 274 g/mol. The maximum absolute atomic E-state index is 14.1. The van der Waals surface area contributed by atoms with Crippen LogP contribution in [0.1, 0.15) is 21.7 Å². The van der Waals surface area contributed by atoms with Gasteiger partial charge in [0.15, 0.2) is 6.29 Å². The van der Waals surface area contributed by atoms with Crippen molar-refractivity contribution >= 4 is 17.9 Å². The molecule has 1 aromatic heterocycles. The quantitative estimate of drug-likeness (QED) is 0.625. The molecule has 0 amide bonds. The van der Waals surface area contributed by atoms with Crippen molar-refractivity contribution in [2.75, 3.05) is 0 Å². The van der Waals surface area contributed by atoms with Crippen LogP contribution in [0.5, 0.6) is 0 Å². The lowest BCUT2D eigenvalue weighted by Gasteiger charge is -2.10. The SMILES string of the molecule is Cc1nc(Cl)c(C=O)c(-c2c(F)ccc(C)c2F)n1. The number of carbonyl (C=O) groups is 1. The molecule has 3 nitrogen and oxygen atoms in total. The fourth-order valence-corrected chi connectivity index (χ4v) is 1.97. The number of aromatic nitrogens is 2. The first-order valence-electron chi connectivity index (χ1n) is 5.40. The van der Waals surface area contributed by atoms with Gasteiger partial charge in [0.2, 0.25) is 0 Å². The largest absolute Gasteiger partial charge is 0.298 e. The monoisotopic (exact) mass is 282 g/mol. The number of aldehydes is 1. The van der Waals surface area contributed by atoms with Gasteiger partial charge < -0.3 is 0 Å². The molecule has 0 unspecified atom stereocenters. The van der Waals surface area contributed by atoms with Crippen molar-refractivity contribution in [3.05, 3.63) is 45.9 Å². The van der Waals surface area contributed by atoms with E-state index in [9.17, 15) is 13.6 Å². The van der Waals surface area contributed by atoms with Gasteiger partial charge in [-0.1, -0.05) is 17.7 Å². The van der Waals surface area contributed by atoms with Gasteiger partial charge in [0.1, 0.15) is 22.6 Å². The van der Waals surface area contributed by atoms with E-state index in [0.717, 1.165) is 6.07 Å². The minimum atomic E-state index is -0.805. The van der Waals surface area contributed by atoms with Gasteiger partial charge in [-0.15, -0.1) is 0 Å². The normalized spacial score (nSPS) is 10.6. The number of aryl methyl sites for hydroxylation is 2. The molecule has 0 aliphatic heterocycles. The van der Waals surface area contributed by atoms with Crippen LogP contribution in [0.25, 0.3) is 11.3 Å². The Hall–Kier alpha value is -1.88. The predicted molar refractivity (Wildman–Crippen MR) is 67.3 cm³/mol. The number of carbonyl (C=O) groups excluding carboxylic acids is 1. The van der Waals surface area contributed by atoms with Crippen molar-refractivity contribution in [2.45, 2.75) is 13.8 Å². The maximum atomic E-state index is 14.1. The van der Waals surface area contributed by atoms with Gasteiger partial charge in [-0.2, -0.15) is 0 Å². The molecule has 0 bridgehead atoms. The van der Waals surface area contributed by atoms with Gasteiger partial charge in [0.05, 0.1) is 16.8 Å². The van der Waals surface area contributed by atoms with Crippen LogP contribution in [0.3, 0.4) is 0 Å². The molecule has 0 fully saturated rings. The Morgan fingerprint density at radius 1 is 1.21 bits per heavy atom. The highest BCUT2D eigenvalue weighted by molar-refractivity contribution is 6.32. The van der Waals surface area contributed by atoms with Crippen LogP contribution >= 0.6 is 11.6 Å². The summed E-state index contributed by atoms with van der Waals surface area (Å²) in [6.07, 6.45) is 0.387. The summed E-state index contributed by atoms with van der Waals surface area (Å²) in [5.41, 5.74) is -0.378. The van der Waals surface area contributed by atoms with Gasteiger partial charge in [-0.25, -0.2) is 18.7 Å². The van der Waals surface area contributed by atoms with E-state index in [1.54, 1.807) is 0 Å². The number of halogens is 3. The first kappa shape index (κ1) is 13.5. The molecule has 0 radical (unpaired) electrons. The van der Waals surface area contributed by atoms with Crippen LogP contribution < -0.4 is 0 Å². The van der Waals surface area contributed by atoms with Crippen molar-refractivity contribution < 1.29 is 13.6 Å². The number of nitrogens with zero attached hydrogens (tertiary/aromatic N) is 2. The Balaban J connectivity index is 2.86. The summed E-state index contributed by atoms with van der Waals surface area (Å²) < 4.78 is 27.9. The molecule has 19 heavy (non-hydrogen) atoms. The second-order valence-corrected chi connectivity index (χ2v) is 4.35. The highest BCUT2D eigenvalue weighted by Gasteiger charge is 2.21. The fourth-order valence-electron chi connectivity index (χ4n) is 1.72. The van der Waals surface area contributed by atoms with Crippen LogP contribution in [-0.2, 0) is 0 Å². The lowest BCUT2D eigenvalue weighted by molar-refractivity contribution is 0.112. The van der Waals surface area contributed by atoms with Crippen LogP contribution in [0.4, 0.5) is 8.78 Å². The summed E-state index contributed by atoms with van der Waals surface area (Å²) >= 11 is 5.80. The third kappa shape index (κ3) is 2.33. The third-order valence-corrected chi connectivity index (χ3v) is 2.94. The van der Waals surface area contributed by atoms with Crippen molar-refractivity contribution in [3.8, 4) is 11.3 Å². The topological polar surface area (TPSA) is 42.9 Å². The summed E-state index contributed by atoms with van der Waals surface area (Å²) in [7, 11) is 0. The van der Waals surface area contributed by atoms with E-state index in [4.69, 9.17) is 11.6 Å². The Morgan fingerprint density at radius 2 is 1.89 bits per heavy atom. The smallest absolute Gasteiger partial charge is 0.155 e. The van der Waals surface area contributed by atoms with Crippen LogP contribution in [0.15, 0.2) is 12.1 Å². The first-order chi connectivity index (χ1) is 8.95. The number of hydrogen-bond acceptors (Lipinski definition) is 3. The van der Waals surface area contributed by atoms with Gasteiger partial charge in [-0.3, -0.25) is 4.79 Å². The summed E-state index contributed by atoms with van der Waals surface area (Å²) in [5, 5.41) is -0.127. The summed E-state index contributed by atoms with van der Waals surface area (Å²) in [6.45, 7) is 3.02. The molecule has 0 N–H and O–H groups in total. The summed E-state index contributed by atoms with van der Waals surface area (Å²) in [5.74, 6) is -1.34. The summed E-state index contributed by atoms with van der Waals surface area (Å²) in [4.78, 5) is 18.8. The lowest BCUT2D eigenvalue weighted by Crippen LogP contribution is -2.03. The Kier molecular flexibility index (Phi) is 3.57. The minimum Gasteiger partial charge on any atom is -0.298 e. The molecule has 0 saturated heterocycles. The van der Waals surface area contributed by atoms with Crippen molar-refractivity contribution in [1.29, 1.82) is 0 Å². The zero-order chi connectivity index (χ0) is 14.2. The molecule has 0 atom stereocenters. The maximum Gasteiger partial charge on any atom is 0.155 e. The third-order valence-electron chi connectivity index (χ3n) is 2.65. The Labute approximate surface area is 113 Å². The molecule has 1 aromatic carbocycles. The minimum absolute atomic E-state index is 0.127. The van der Waals surface area contributed by atoms with E-state index in [0.29, 0.717) is 6.29 Å². The zero-order valence-electron chi connectivity index (χ0n) is 10.2. The second kappa shape index (κ2) is 5.01. The average Bonchev–Trinajstić information content (AvgIpc) is 2.34. The van der Waals surface area contributed by atoms with Gasteiger partial charge in [-0.05, 0) is 25.5 Å². The van der Waals surface area contributed by atoms with Crippen LogP contribution in [0.2, 0.25) is 5.15 Å². The number of rotatable bonds is 2. The van der Waals surface area contributed by atoms with Gasteiger partial charge in [0, 0.05) is 0 Å². The van der Waals surface area contributed by atoms with E-state index in [1.807, 2.05) is 0 Å². The molecule has 98 valence electrons. The van der Waals surface area contributed by atoms with Gasteiger partial charge >= 0.3 is 0 Å². The standard InChI is InChI=1S/C13H9ClF2N2O/c1-6-3-4-9(15)10(11(6)16)12-8(5-19)13(14)18-7(2)17-12/h3-5H,1-2H3. The van der Waals surface area contributed by atoms with Crippen molar-refractivity contribution in [1.82, 2.24) is 9.97 Å². The van der Waals surface area contributed by atoms with Crippen molar-refractivity contribution in [3.63, 3.8) is 0 Å². The molecule has 1 heterocycles. The lowest BCUT2D eigenvalue weighted by atomic mass is 10.0. The highest BCUT2D eigenvalue weighted by Crippen LogP contribution is 2.30. The molecule has 2 aromatic rings. The second-order valence-electron chi connectivity index (χ2n) is 4.00. The van der Waals surface area contributed by atoms with E-state index >= 15 is 0 Å². The summed E-state index contributed by atoms with van der Waals surface area (Å²) in [6, 6.07) is 2.43. The molecule has 0 saturated carbocycles. The van der Waals surface area contributed by atoms with Gasteiger partial charge in [0.25, 0.3) is 0 Å². The number of hydrogen-bond donors (Lipinski definition) is 0. The Bertz CT molecular complexity index is 674. The first-order valence-corrected chi connectivity index (χ1v) is 5.77. The molecule has 0 aliphatic rings. The fraction of sp³-hybridized carbons (Fsp3) is 0.154. The van der Waals surface area contributed by atoms with E-state index in [2.05, 4.69) is 9.97 Å². The molecule has 0 aliphatic carbocycles. The molecule has 6 heteroatoms. The molecular formula is C13H9ClF2N2O. The molecule has 2 rings (SSSR count). The van der Waals surface area contributed by atoms with E-state index in [1.165, 1.54) is 19.9 Å². The van der Waals surface area contributed by atoms with E-state index in [-0.39, 0.29) is 33.4 Å². The van der Waals surface area contributed by atoms with Crippen LogP contribution in [0, 0.1) is 25.5 Å².